The molecule has 4 heterocycles. The largest absolute Gasteiger partial charge is 0.309 e. The van der Waals surface area contributed by atoms with Crippen molar-refractivity contribution in [3.8, 4) is 22.3 Å². The van der Waals surface area contributed by atoms with Crippen LogP contribution < -0.4 is 26.2 Å². The van der Waals surface area contributed by atoms with Crippen LogP contribution in [-0.4, -0.2) is 6.71 Å². The Bertz CT molecular complexity index is 4620. The van der Waals surface area contributed by atoms with Crippen molar-refractivity contribution >= 4 is 163 Å². The molecule has 15 aromatic rings. The molecule has 0 atom stereocenters. The van der Waals surface area contributed by atoms with Crippen molar-refractivity contribution in [1.29, 1.82) is 0 Å². The van der Waals surface area contributed by atoms with Crippen molar-refractivity contribution in [1.82, 2.24) is 0 Å². The van der Waals surface area contributed by atoms with E-state index < -0.39 is 0 Å². The summed E-state index contributed by atoms with van der Waals surface area (Å²) in [4.78, 5) is 5.45. The van der Waals surface area contributed by atoms with E-state index in [4.69, 9.17) is 0 Å². The van der Waals surface area contributed by atoms with Gasteiger partial charge in [-0.15, -0.1) is 22.7 Å². The molecule has 5 heteroatoms. The van der Waals surface area contributed by atoms with Gasteiger partial charge in [0.2, 0.25) is 0 Å². The van der Waals surface area contributed by atoms with Crippen molar-refractivity contribution in [2.75, 3.05) is 9.80 Å². The standard InChI is InChI=1S/C70H41BN2S2/c1-3-20-42(21-4-1)62-48-28-11-7-24-44(48)46-26-9-13-30-50(46)67(62)72-56-34-19-35-57-66(56)71(54-38-40-60-64(69(54)72)52-32-15-17-36-58(52)74-60)55-39-41-61-65(53-33-16-18-37-59(53)75-61)70(55)73(57)68-51-31-14-10-27-47(51)45-25-8-12-29-49(45)63(68)43-22-5-2-6-23-43/h1-41H. The molecule has 0 N–H and O–H groups in total. The summed E-state index contributed by atoms with van der Waals surface area (Å²) in [6.07, 6.45) is 0. The Morgan fingerprint density at radius 3 is 1.03 bits per heavy atom. The molecule has 0 aliphatic carbocycles. The molecule has 0 saturated carbocycles. The molecule has 2 aromatic heterocycles. The van der Waals surface area contributed by atoms with E-state index >= 15 is 0 Å². The van der Waals surface area contributed by atoms with Gasteiger partial charge < -0.3 is 9.80 Å². The van der Waals surface area contributed by atoms with E-state index in [9.17, 15) is 0 Å². The van der Waals surface area contributed by atoms with Crippen LogP contribution in [0.4, 0.5) is 34.1 Å². The highest BCUT2D eigenvalue weighted by Crippen LogP contribution is 2.57. The highest BCUT2D eigenvalue weighted by Gasteiger charge is 2.46. The first kappa shape index (κ1) is 41.5. The van der Waals surface area contributed by atoms with Crippen LogP contribution in [0.2, 0.25) is 0 Å². The molecule has 0 unspecified atom stereocenters. The molecule has 75 heavy (non-hydrogen) atoms. The average Bonchev–Trinajstić information content (AvgIpc) is 4.17. The van der Waals surface area contributed by atoms with E-state index in [-0.39, 0.29) is 6.71 Å². The fourth-order valence-electron chi connectivity index (χ4n) is 13.5. The monoisotopic (exact) mass is 984 g/mol. The second-order valence-corrected chi connectivity index (χ2v) is 22.3. The molecule has 2 aliphatic heterocycles. The van der Waals surface area contributed by atoms with Crippen LogP contribution in [-0.2, 0) is 0 Å². The molecular weight excluding hydrogens is 944 g/mol. The van der Waals surface area contributed by atoms with Crippen LogP contribution in [0.25, 0.3) is 106 Å². The van der Waals surface area contributed by atoms with Crippen LogP contribution in [0.15, 0.2) is 249 Å². The number of hydrogen-bond donors (Lipinski definition) is 0. The molecule has 0 spiro atoms. The Labute approximate surface area is 441 Å². The first-order chi connectivity index (χ1) is 37.3. The molecule has 0 saturated heterocycles. The number of thiophene rings is 2. The van der Waals surface area contributed by atoms with Crippen LogP contribution in [0.1, 0.15) is 0 Å². The van der Waals surface area contributed by atoms with Gasteiger partial charge in [-0.25, -0.2) is 0 Å². The van der Waals surface area contributed by atoms with Gasteiger partial charge in [0.15, 0.2) is 0 Å². The molecule has 17 rings (SSSR count). The van der Waals surface area contributed by atoms with Gasteiger partial charge >= 0.3 is 0 Å². The summed E-state index contributed by atoms with van der Waals surface area (Å²) < 4.78 is 5.17. The van der Waals surface area contributed by atoms with Crippen LogP contribution >= 0.6 is 22.7 Å². The van der Waals surface area contributed by atoms with Gasteiger partial charge in [-0.3, -0.25) is 0 Å². The SMILES string of the molecule is c1ccc(-c2c(N3c4cccc5c4B(c4ccc6sc7ccccc7c6c43)c3ccc4sc6ccccc6c4c3N5c3c(-c4ccccc4)c4ccccc4c4ccccc34)c3ccccc3c3ccccc23)cc1. The molecule has 0 fully saturated rings. The molecule has 0 bridgehead atoms. The van der Waals surface area contributed by atoms with E-state index in [1.807, 2.05) is 22.7 Å². The van der Waals surface area contributed by atoms with E-state index in [0.29, 0.717) is 0 Å². The highest BCUT2D eigenvalue weighted by molar-refractivity contribution is 7.26. The normalized spacial score (nSPS) is 13.0. The number of hydrogen-bond acceptors (Lipinski definition) is 4. The second-order valence-electron chi connectivity index (χ2n) is 20.1. The van der Waals surface area contributed by atoms with E-state index in [1.54, 1.807) is 0 Å². The predicted octanol–water partition coefficient (Wildman–Crippen LogP) is 18.5. The highest BCUT2D eigenvalue weighted by atomic mass is 32.1. The maximum Gasteiger partial charge on any atom is 0.252 e. The summed E-state index contributed by atoms with van der Waals surface area (Å²) in [5.74, 6) is 0. The number of rotatable bonds is 4. The molecule has 2 aliphatic rings. The summed E-state index contributed by atoms with van der Waals surface area (Å²) in [5.41, 5.74) is 16.1. The lowest BCUT2D eigenvalue weighted by molar-refractivity contribution is 1.29. The number of nitrogens with zero attached hydrogens (tertiary/aromatic N) is 2. The van der Waals surface area contributed by atoms with Crippen molar-refractivity contribution in [3.05, 3.63) is 249 Å². The topological polar surface area (TPSA) is 6.48 Å². The first-order valence-corrected chi connectivity index (χ1v) is 27.5. The second kappa shape index (κ2) is 15.8. The average molecular weight is 985 g/mol. The van der Waals surface area contributed by atoms with Crippen molar-refractivity contribution < 1.29 is 0 Å². The Hall–Kier alpha value is -9.00. The molecule has 0 amide bonds. The van der Waals surface area contributed by atoms with Gasteiger partial charge in [0.05, 0.1) is 22.7 Å². The molecule has 0 radical (unpaired) electrons. The third-order valence-corrected chi connectivity index (χ3v) is 18.6. The van der Waals surface area contributed by atoms with E-state index in [0.717, 1.165) is 0 Å². The maximum absolute atomic E-state index is 2.72. The van der Waals surface area contributed by atoms with Crippen molar-refractivity contribution in [3.63, 3.8) is 0 Å². The fourth-order valence-corrected chi connectivity index (χ4v) is 15.7. The Kier molecular flexibility index (Phi) is 8.71. The summed E-state index contributed by atoms with van der Waals surface area (Å²) >= 11 is 3.80. The molecule has 13 aromatic carbocycles. The number of benzene rings is 13. The lowest BCUT2D eigenvalue weighted by Crippen LogP contribution is -2.61. The van der Waals surface area contributed by atoms with Gasteiger partial charge in [-0.1, -0.05) is 212 Å². The smallest absolute Gasteiger partial charge is 0.252 e. The van der Waals surface area contributed by atoms with Crippen molar-refractivity contribution in [2.24, 2.45) is 0 Å². The minimum absolute atomic E-state index is 0.0985. The number of anilines is 6. The van der Waals surface area contributed by atoms with Gasteiger partial charge in [0, 0.05) is 73.6 Å². The maximum atomic E-state index is 2.72. The zero-order valence-electron chi connectivity index (χ0n) is 40.5. The quantitative estimate of drug-likeness (QED) is 0.128. The predicted molar refractivity (Wildman–Crippen MR) is 327 cm³/mol. The van der Waals surface area contributed by atoms with Crippen LogP contribution in [0, 0.1) is 0 Å². The van der Waals surface area contributed by atoms with Gasteiger partial charge in [-0.2, -0.15) is 0 Å². The Morgan fingerprint density at radius 1 is 0.253 bits per heavy atom. The summed E-state index contributed by atoms with van der Waals surface area (Å²) in [6, 6.07) is 93.8. The summed E-state index contributed by atoms with van der Waals surface area (Å²) in [5, 5.41) is 15.1. The lowest BCUT2D eigenvalue weighted by Gasteiger charge is -2.46. The minimum Gasteiger partial charge on any atom is -0.309 e. The lowest BCUT2D eigenvalue weighted by atomic mass is 9.33. The van der Waals surface area contributed by atoms with Gasteiger partial charge in [-0.05, 0) is 96.2 Å². The van der Waals surface area contributed by atoms with Crippen molar-refractivity contribution in [2.45, 2.75) is 0 Å². The molecular formula is C70H41BN2S2. The van der Waals surface area contributed by atoms with Gasteiger partial charge in [0.25, 0.3) is 6.71 Å². The molecule has 346 valence electrons. The zero-order valence-corrected chi connectivity index (χ0v) is 42.1. The third kappa shape index (κ3) is 5.69. The Balaban J connectivity index is 1.10. The van der Waals surface area contributed by atoms with E-state index in [2.05, 4.69) is 259 Å². The fraction of sp³-hybridized carbons (Fsp3) is 0. The van der Waals surface area contributed by atoms with Gasteiger partial charge in [0.1, 0.15) is 0 Å². The Morgan fingerprint density at radius 2 is 0.600 bits per heavy atom. The number of fused-ring (bicyclic) bond motifs is 18. The first-order valence-electron chi connectivity index (χ1n) is 25.9. The summed E-state index contributed by atoms with van der Waals surface area (Å²) in [7, 11) is 0. The summed E-state index contributed by atoms with van der Waals surface area (Å²) in [6.45, 7) is -0.0985. The van der Waals surface area contributed by atoms with Crippen LogP contribution in [0.3, 0.4) is 0 Å². The van der Waals surface area contributed by atoms with E-state index in [1.165, 1.54) is 156 Å². The zero-order chi connectivity index (χ0) is 48.9. The van der Waals surface area contributed by atoms with Crippen LogP contribution in [0.5, 0.6) is 0 Å². The minimum atomic E-state index is -0.0985. The third-order valence-electron chi connectivity index (χ3n) is 16.4. The molecule has 2 nitrogen and oxygen atoms in total.